The number of nitrogens with zero attached hydrogens (tertiary/aromatic N) is 3. The van der Waals surface area contributed by atoms with E-state index < -0.39 is 12.1 Å². The van der Waals surface area contributed by atoms with Gasteiger partial charge >= 0.3 is 12.0 Å². The molecule has 1 aliphatic rings. The first-order chi connectivity index (χ1) is 9.60. The van der Waals surface area contributed by atoms with Crippen molar-refractivity contribution in [3.8, 4) is 6.07 Å². The second-order valence-corrected chi connectivity index (χ2v) is 4.31. The van der Waals surface area contributed by atoms with Gasteiger partial charge in [-0.3, -0.25) is 0 Å². The molecule has 112 valence electrons. The van der Waals surface area contributed by atoms with Crippen LogP contribution in [0.25, 0.3) is 0 Å². The molecule has 1 fully saturated rings. The van der Waals surface area contributed by atoms with Gasteiger partial charge in [-0.1, -0.05) is 0 Å². The maximum atomic E-state index is 12.3. The van der Waals surface area contributed by atoms with Crippen molar-refractivity contribution < 1.29 is 24.2 Å². The lowest BCUT2D eigenvalue weighted by Gasteiger charge is -2.34. The number of carbonyl (C=O) groups excluding carboxylic acids is 1. The largest absolute Gasteiger partial charge is 0.479 e. The standard InChI is InChI=1S/C12H19N3O5/c1-19-7-5-14(4-2-3-13)12(18)15-6-8-20-10(9-15)11(16)17/h10H,2,4-9H2,1H3,(H,16,17). The third-order valence-electron chi connectivity index (χ3n) is 2.94. The van der Waals surface area contributed by atoms with E-state index in [0.29, 0.717) is 26.2 Å². The Kier molecular flexibility index (Phi) is 6.76. The molecule has 0 aromatic heterocycles. The lowest BCUT2D eigenvalue weighted by atomic mass is 10.3. The van der Waals surface area contributed by atoms with Crippen molar-refractivity contribution in [2.75, 3.05) is 46.5 Å². The van der Waals surface area contributed by atoms with Crippen molar-refractivity contribution in [3.63, 3.8) is 0 Å². The van der Waals surface area contributed by atoms with Gasteiger partial charge in [0, 0.05) is 26.7 Å². The van der Waals surface area contributed by atoms with Crippen LogP contribution in [0.1, 0.15) is 6.42 Å². The fourth-order valence-electron chi connectivity index (χ4n) is 1.86. The van der Waals surface area contributed by atoms with Crippen molar-refractivity contribution >= 4 is 12.0 Å². The topological polar surface area (TPSA) is 103 Å². The Balaban J connectivity index is 2.62. The summed E-state index contributed by atoms with van der Waals surface area (Å²) in [6, 6.07) is 1.70. The Hall–Kier alpha value is -1.85. The van der Waals surface area contributed by atoms with Crippen molar-refractivity contribution in [1.82, 2.24) is 9.80 Å². The molecule has 0 aliphatic carbocycles. The first-order valence-electron chi connectivity index (χ1n) is 6.34. The Bertz CT molecular complexity index is 382. The summed E-state index contributed by atoms with van der Waals surface area (Å²) >= 11 is 0. The quantitative estimate of drug-likeness (QED) is 0.722. The minimum absolute atomic E-state index is 0.0181. The van der Waals surface area contributed by atoms with Crippen LogP contribution in [0.2, 0.25) is 0 Å². The highest BCUT2D eigenvalue weighted by atomic mass is 16.5. The number of rotatable bonds is 6. The molecule has 0 spiro atoms. The summed E-state index contributed by atoms with van der Waals surface area (Å²) in [6.45, 7) is 1.59. The molecule has 1 saturated heterocycles. The zero-order chi connectivity index (χ0) is 15.0. The van der Waals surface area contributed by atoms with E-state index in [9.17, 15) is 9.59 Å². The lowest BCUT2D eigenvalue weighted by Crippen LogP contribution is -2.53. The maximum absolute atomic E-state index is 12.3. The average molecular weight is 285 g/mol. The van der Waals surface area contributed by atoms with E-state index in [1.54, 1.807) is 0 Å². The number of amides is 2. The van der Waals surface area contributed by atoms with Gasteiger partial charge in [-0.05, 0) is 0 Å². The summed E-state index contributed by atoms with van der Waals surface area (Å²) in [4.78, 5) is 26.2. The number of ether oxygens (including phenoxy) is 2. The van der Waals surface area contributed by atoms with Gasteiger partial charge in [-0.15, -0.1) is 0 Å². The predicted octanol–water partition coefficient (Wildman–Crippen LogP) is -0.246. The Morgan fingerprint density at radius 2 is 2.30 bits per heavy atom. The lowest BCUT2D eigenvalue weighted by molar-refractivity contribution is -0.154. The van der Waals surface area contributed by atoms with Crippen LogP contribution < -0.4 is 0 Å². The summed E-state index contributed by atoms with van der Waals surface area (Å²) in [5.74, 6) is -1.08. The van der Waals surface area contributed by atoms with Crippen molar-refractivity contribution in [2.45, 2.75) is 12.5 Å². The zero-order valence-corrected chi connectivity index (χ0v) is 11.4. The first-order valence-corrected chi connectivity index (χ1v) is 6.34. The summed E-state index contributed by atoms with van der Waals surface area (Å²) < 4.78 is 10.0. The summed E-state index contributed by atoms with van der Waals surface area (Å²) in [5, 5.41) is 17.5. The molecule has 0 aromatic carbocycles. The fraction of sp³-hybridized carbons (Fsp3) is 0.750. The zero-order valence-electron chi connectivity index (χ0n) is 11.4. The molecule has 1 aliphatic heterocycles. The molecular weight excluding hydrogens is 266 g/mol. The highest BCUT2D eigenvalue weighted by Crippen LogP contribution is 2.09. The highest BCUT2D eigenvalue weighted by Gasteiger charge is 2.31. The Labute approximate surface area is 117 Å². The van der Waals surface area contributed by atoms with Gasteiger partial charge in [-0.25, -0.2) is 9.59 Å². The maximum Gasteiger partial charge on any atom is 0.334 e. The molecular formula is C12H19N3O5. The summed E-state index contributed by atoms with van der Waals surface area (Å²) in [5.41, 5.74) is 0. The number of carboxylic acid groups (broad SMARTS) is 1. The van der Waals surface area contributed by atoms with Crippen LogP contribution in [0.5, 0.6) is 0 Å². The first kappa shape index (κ1) is 16.2. The molecule has 2 amide bonds. The van der Waals surface area contributed by atoms with Crippen LogP contribution in [0.3, 0.4) is 0 Å². The molecule has 8 heteroatoms. The summed E-state index contributed by atoms with van der Waals surface area (Å²) in [7, 11) is 1.53. The molecule has 1 N–H and O–H groups in total. The van der Waals surface area contributed by atoms with E-state index in [-0.39, 0.29) is 25.6 Å². The highest BCUT2D eigenvalue weighted by molar-refractivity contribution is 5.77. The molecule has 20 heavy (non-hydrogen) atoms. The molecule has 0 saturated carbocycles. The van der Waals surface area contributed by atoms with Crippen LogP contribution in [-0.2, 0) is 14.3 Å². The van der Waals surface area contributed by atoms with Gasteiger partial charge in [0.25, 0.3) is 0 Å². The predicted molar refractivity (Wildman–Crippen MR) is 68.0 cm³/mol. The number of carbonyl (C=O) groups is 2. The van der Waals surface area contributed by atoms with Crippen molar-refractivity contribution in [2.24, 2.45) is 0 Å². The number of methoxy groups -OCH3 is 1. The normalized spacial score (nSPS) is 18.4. The van der Waals surface area contributed by atoms with Gasteiger partial charge < -0.3 is 24.4 Å². The second kappa shape index (κ2) is 8.35. The molecule has 0 bridgehead atoms. The Morgan fingerprint density at radius 1 is 1.55 bits per heavy atom. The number of nitriles is 1. The van der Waals surface area contributed by atoms with E-state index >= 15 is 0 Å². The minimum atomic E-state index is -1.08. The van der Waals surface area contributed by atoms with E-state index in [1.807, 2.05) is 6.07 Å². The number of carboxylic acids is 1. The summed E-state index contributed by atoms with van der Waals surface area (Å²) in [6.07, 6.45) is -0.768. The monoisotopic (exact) mass is 285 g/mol. The number of hydrogen-bond acceptors (Lipinski definition) is 5. The van der Waals surface area contributed by atoms with Crippen molar-refractivity contribution in [1.29, 1.82) is 5.26 Å². The van der Waals surface area contributed by atoms with E-state index in [2.05, 4.69) is 0 Å². The third kappa shape index (κ3) is 4.68. The van der Waals surface area contributed by atoms with Crippen LogP contribution >= 0.6 is 0 Å². The minimum Gasteiger partial charge on any atom is -0.479 e. The fourth-order valence-corrected chi connectivity index (χ4v) is 1.86. The molecule has 1 rings (SSSR count). The van der Waals surface area contributed by atoms with Crippen LogP contribution in [-0.4, -0.2) is 79.5 Å². The molecule has 8 nitrogen and oxygen atoms in total. The van der Waals surface area contributed by atoms with Crippen molar-refractivity contribution in [3.05, 3.63) is 0 Å². The van der Waals surface area contributed by atoms with Crippen LogP contribution in [0, 0.1) is 11.3 Å². The van der Waals surface area contributed by atoms with E-state index in [0.717, 1.165) is 0 Å². The van der Waals surface area contributed by atoms with Gasteiger partial charge in [0.2, 0.25) is 0 Å². The van der Waals surface area contributed by atoms with Gasteiger partial charge in [0.05, 0.1) is 32.2 Å². The van der Waals surface area contributed by atoms with Gasteiger partial charge in [0.1, 0.15) is 0 Å². The average Bonchev–Trinajstić information content (AvgIpc) is 2.47. The molecule has 1 atom stereocenters. The number of hydrogen-bond donors (Lipinski definition) is 1. The van der Waals surface area contributed by atoms with E-state index in [4.69, 9.17) is 19.8 Å². The Morgan fingerprint density at radius 3 is 2.90 bits per heavy atom. The molecule has 0 radical (unpaired) electrons. The van der Waals surface area contributed by atoms with Crippen LogP contribution in [0.4, 0.5) is 4.79 Å². The van der Waals surface area contributed by atoms with Gasteiger partial charge in [0.15, 0.2) is 6.10 Å². The smallest absolute Gasteiger partial charge is 0.334 e. The van der Waals surface area contributed by atoms with Gasteiger partial charge in [-0.2, -0.15) is 5.26 Å². The SMILES string of the molecule is COCCN(CCC#N)C(=O)N1CCOC(C(=O)O)C1. The molecule has 1 unspecified atom stereocenters. The number of urea groups is 1. The second-order valence-electron chi connectivity index (χ2n) is 4.31. The van der Waals surface area contributed by atoms with E-state index in [1.165, 1.54) is 16.9 Å². The third-order valence-corrected chi connectivity index (χ3v) is 2.94. The number of morpholine rings is 1. The van der Waals surface area contributed by atoms with Crippen LogP contribution in [0.15, 0.2) is 0 Å². The number of aliphatic carboxylic acids is 1. The molecule has 1 heterocycles. The molecule has 0 aromatic rings.